The molecule has 0 heterocycles. The van der Waals surface area contributed by atoms with E-state index in [1.54, 1.807) is 0 Å². The van der Waals surface area contributed by atoms with Gasteiger partial charge in [-0.05, 0) is 38.7 Å². The highest BCUT2D eigenvalue weighted by atomic mass is 16.6. The van der Waals surface area contributed by atoms with Gasteiger partial charge in [0.2, 0.25) is 0 Å². The minimum Gasteiger partial charge on any atom is -0.444 e. The molecule has 0 bridgehead atoms. The first kappa shape index (κ1) is 21.4. The van der Waals surface area contributed by atoms with E-state index in [-0.39, 0.29) is 6.04 Å². The maximum absolute atomic E-state index is 12.3. The molecule has 5 heteroatoms. The van der Waals surface area contributed by atoms with E-state index in [0.717, 1.165) is 31.1 Å². The second kappa shape index (κ2) is 10.5. The second-order valence-electron chi connectivity index (χ2n) is 8.39. The van der Waals surface area contributed by atoms with Crippen LogP contribution in [0.5, 0.6) is 0 Å². The van der Waals surface area contributed by atoms with Crippen LogP contribution < -0.4 is 5.32 Å². The molecule has 1 aliphatic rings. The van der Waals surface area contributed by atoms with E-state index < -0.39 is 17.8 Å². The predicted molar refractivity (Wildman–Crippen MR) is 105 cm³/mol. The lowest BCUT2D eigenvalue weighted by atomic mass is 9.84. The van der Waals surface area contributed by atoms with Gasteiger partial charge in [0.25, 0.3) is 0 Å². The Morgan fingerprint density at radius 1 is 1.19 bits per heavy atom. The summed E-state index contributed by atoms with van der Waals surface area (Å²) in [6.07, 6.45) is 6.29. The zero-order valence-electron chi connectivity index (χ0n) is 16.8. The number of aldehydes is 1. The molecule has 0 saturated heterocycles. The fourth-order valence-electron chi connectivity index (χ4n) is 3.53. The largest absolute Gasteiger partial charge is 0.444 e. The lowest BCUT2D eigenvalue weighted by molar-refractivity contribution is -0.121. The smallest absolute Gasteiger partial charge is 0.407 e. The van der Waals surface area contributed by atoms with Gasteiger partial charge in [-0.1, -0.05) is 62.4 Å². The van der Waals surface area contributed by atoms with Crippen LogP contribution in [0, 0.1) is 5.92 Å². The first-order valence-electron chi connectivity index (χ1n) is 9.98. The van der Waals surface area contributed by atoms with Crippen molar-refractivity contribution < 1.29 is 19.1 Å². The maximum atomic E-state index is 12.3. The Balaban J connectivity index is 2.02. The molecular weight excluding hydrogens is 342 g/mol. The van der Waals surface area contributed by atoms with Gasteiger partial charge in [-0.2, -0.15) is 0 Å². The first-order valence-corrected chi connectivity index (χ1v) is 9.98. The lowest BCUT2D eigenvalue weighted by Crippen LogP contribution is -2.48. The molecule has 0 radical (unpaired) electrons. The van der Waals surface area contributed by atoms with Gasteiger partial charge in [-0.25, -0.2) is 4.79 Å². The Morgan fingerprint density at radius 3 is 2.44 bits per heavy atom. The summed E-state index contributed by atoms with van der Waals surface area (Å²) in [4.78, 5) is 24.1. The molecule has 1 aromatic carbocycles. The summed E-state index contributed by atoms with van der Waals surface area (Å²) >= 11 is 0. The average molecular weight is 376 g/mol. The third-order valence-electron chi connectivity index (χ3n) is 4.83. The lowest BCUT2D eigenvalue weighted by Gasteiger charge is -2.31. The zero-order chi connectivity index (χ0) is 19.7. The van der Waals surface area contributed by atoms with Crippen molar-refractivity contribution in [2.24, 2.45) is 5.92 Å². The maximum Gasteiger partial charge on any atom is 0.407 e. The fraction of sp³-hybridized carbons (Fsp3) is 0.636. The second-order valence-corrected chi connectivity index (χ2v) is 8.39. The highest BCUT2D eigenvalue weighted by molar-refractivity contribution is 5.69. The summed E-state index contributed by atoms with van der Waals surface area (Å²) in [5.41, 5.74) is 0.416. The molecule has 1 aliphatic carbocycles. The van der Waals surface area contributed by atoms with Crippen LogP contribution in [0.3, 0.4) is 0 Å². The number of ether oxygens (including phenoxy) is 2. The summed E-state index contributed by atoms with van der Waals surface area (Å²) in [6, 6.07) is 9.35. The molecule has 150 valence electrons. The topological polar surface area (TPSA) is 64.6 Å². The first-order chi connectivity index (χ1) is 12.9. The zero-order valence-corrected chi connectivity index (χ0v) is 16.8. The number of alkyl carbamates (subject to hydrolysis) is 1. The van der Waals surface area contributed by atoms with Crippen molar-refractivity contribution in [1.82, 2.24) is 5.32 Å². The van der Waals surface area contributed by atoms with Crippen LogP contribution >= 0.6 is 0 Å². The number of hydrogen-bond donors (Lipinski definition) is 1. The summed E-state index contributed by atoms with van der Waals surface area (Å²) < 4.78 is 11.3. The molecule has 5 nitrogen and oxygen atoms in total. The molecule has 1 aromatic rings. The number of carbonyl (C=O) groups is 2. The van der Waals surface area contributed by atoms with Gasteiger partial charge in [-0.15, -0.1) is 0 Å². The van der Waals surface area contributed by atoms with E-state index >= 15 is 0 Å². The van der Waals surface area contributed by atoms with Crippen LogP contribution in [0.1, 0.15) is 64.9 Å². The standard InChI is InChI=1S/C22H33NO4/c1-22(2,3)27-21(25)23-19(14-17-10-6-4-7-11-17)20(15-24)26-16-18-12-8-5-9-13-18/h5,8-9,12-13,15,17,19-20H,4,6-7,10-11,14,16H2,1-3H3,(H,23,25)/t19-,20-/m0/s1. The molecular formula is C22H33NO4. The van der Waals surface area contributed by atoms with Crippen LogP contribution in [0.25, 0.3) is 0 Å². The number of amides is 1. The van der Waals surface area contributed by atoms with Gasteiger partial charge in [0.1, 0.15) is 11.7 Å². The summed E-state index contributed by atoms with van der Waals surface area (Å²) in [7, 11) is 0. The van der Waals surface area contributed by atoms with Crippen LogP contribution in [0.2, 0.25) is 0 Å². The normalized spacial score (nSPS) is 17.7. The highest BCUT2D eigenvalue weighted by Crippen LogP contribution is 2.28. The van der Waals surface area contributed by atoms with E-state index in [2.05, 4.69) is 5.32 Å². The monoisotopic (exact) mass is 375 g/mol. The van der Waals surface area contributed by atoms with Crippen molar-refractivity contribution in [2.75, 3.05) is 0 Å². The van der Waals surface area contributed by atoms with Crippen molar-refractivity contribution in [3.05, 3.63) is 35.9 Å². The highest BCUT2D eigenvalue weighted by Gasteiger charge is 2.29. The molecule has 1 fully saturated rings. The quantitative estimate of drug-likeness (QED) is 0.673. The molecule has 0 aliphatic heterocycles. The Morgan fingerprint density at radius 2 is 1.85 bits per heavy atom. The fourth-order valence-corrected chi connectivity index (χ4v) is 3.53. The molecule has 0 aromatic heterocycles. The van der Waals surface area contributed by atoms with Crippen molar-refractivity contribution in [3.63, 3.8) is 0 Å². The average Bonchev–Trinajstić information content (AvgIpc) is 2.62. The Bertz CT molecular complexity index is 576. The number of carbonyl (C=O) groups excluding carboxylic acids is 2. The Kier molecular flexibility index (Phi) is 8.29. The van der Waals surface area contributed by atoms with Crippen molar-refractivity contribution in [2.45, 2.75) is 83.6 Å². The molecule has 2 atom stereocenters. The summed E-state index contributed by atoms with van der Waals surface area (Å²) in [5.74, 6) is 0.501. The predicted octanol–water partition coefficient (Wildman–Crippen LogP) is 4.63. The Hall–Kier alpha value is -1.88. The van der Waals surface area contributed by atoms with Crippen molar-refractivity contribution in [1.29, 1.82) is 0 Å². The van der Waals surface area contributed by atoms with Crippen molar-refractivity contribution >= 4 is 12.4 Å². The van der Waals surface area contributed by atoms with E-state index in [1.165, 1.54) is 19.3 Å². The molecule has 0 unspecified atom stereocenters. The molecule has 1 amide bonds. The number of hydrogen-bond acceptors (Lipinski definition) is 4. The minimum atomic E-state index is -0.695. The van der Waals surface area contributed by atoms with Gasteiger partial charge in [-0.3, -0.25) is 0 Å². The molecule has 1 N–H and O–H groups in total. The molecule has 0 spiro atoms. The summed E-state index contributed by atoms with van der Waals surface area (Å²) in [5, 5.41) is 2.89. The van der Waals surface area contributed by atoms with E-state index in [1.807, 2.05) is 51.1 Å². The van der Waals surface area contributed by atoms with E-state index in [0.29, 0.717) is 12.5 Å². The molecule has 27 heavy (non-hydrogen) atoms. The Labute approximate surface area is 162 Å². The van der Waals surface area contributed by atoms with Crippen LogP contribution in [-0.2, 0) is 20.9 Å². The third-order valence-corrected chi connectivity index (χ3v) is 4.83. The number of rotatable bonds is 8. The van der Waals surface area contributed by atoms with Gasteiger partial charge < -0.3 is 19.6 Å². The van der Waals surface area contributed by atoms with E-state index in [9.17, 15) is 9.59 Å². The van der Waals surface area contributed by atoms with Gasteiger partial charge in [0.05, 0.1) is 12.6 Å². The van der Waals surface area contributed by atoms with E-state index in [4.69, 9.17) is 9.47 Å². The number of nitrogens with one attached hydrogen (secondary N) is 1. The minimum absolute atomic E-state index is 0.335. The van der Waals surface area contributed by atoms with Crippen LogP contribution in [0.15, 0.2) is 30.3 Å². The SMILES string of the molecule is CC(C)(C)OC(=O)N[C@@H](CC1CCCCC1)[C@H](C=O)OCc1ccccc1. The molecule has 2 rings (SSSR count). The summed E-state index contributed by atoms with van der Waals surface area (Å²) in [6.45, 7) is 5.81. The molecule has 1 saturated carbocycles. The van der Waals surface area contributed by atoms with Crippen LogP contribution in [-0.4, -0.2) is 30.1 Å². The van der Waals surface area contributed by atoms with Crippen molar-refractivity contribution in [3.8, 4) is 0 Å². The number of benzene rings is 1. The van der Waals surface area contributed by atoms with Crippen LogP contribution in [0.4, 0.5) is 4.79 Å². The van der Waals surface area contributed by atoms with Gasteiger partial charge >= 0.3 is 6.09 Å². The van der Waals surface area contributed by atoms with Gasteiger partial charge in [0.15, 0.2) is 6.29 Å². The van der Waals surface area contributed by atoms with Gasteiger partial charge in [0, 0.05) is 0 Å². The third kappa shape index (κ3) is 8.12.